The molecule has 0 aromatic carbocycles. The zero-order valence-corrected chi connectivity index (χ0v) is 9.04. The SMILES string of the molecule is CCC(C)CNc1nc(N)ncc1C. The van der Waals surface area contributed by atoms with Crippen LogP contribution in [0.15, 0.2) is 6.20 Å². The zero-order chi connectivity index (χ0) is 10.6. The lowest BCUT2D eigenvalue weighted by Gasteiger charge is -2.12. The second kappa shape index (κ2) is 4.79. The average Bonchev–Trinajstić information content (AvgIpc) is 2.19. The molecular weight excluding hydrogens is 176 g/mol. The van der Waals surface area contributed by atoms with Gasteiger partial charge in [0, 0.05) is 18.3 Å². The van der Waals surface area contributed by atoms with E-state index < -0.39 is 0 Å². The summed E-state index contributed by atoms with van der Waals surface area (Å²) < 4.78 is 0. The Hall–Kier alpha value is -1.32. The van der Waals surface area contributed by atoms with Gasteiger partial charge in [0.1, 0.15) is 5.82 Å². The third kappa shape index (κ3) is 2.87. The molecule has 4 heteroatoms. The number of rotatable bonds is 4. The van der Waals surface area contributed by atoms with E-state index in [1.165, 1.54) is 0 Å². The van der Waals surface area contributed by atoms with E-state index in [1.54, 1.807) is 6.20 Å². The molecule has 78 valence electrons. The number of nitrogen functional groups attached to an aromatic ring is 1. The summed E-state index contributed by atoms with van der Waals surface area (Å²) in [6.45, 7) is 7.27. The normalized spacial score (nSPS) is 12.5. The van der Waals surface area contributed by atoms with Crippen molar-refractivity contribution in [2.75, 3.05) is 17.6 Å². The van der Waals surface area contributed by atoms with Crippen LogP contribution in [0.3, 0.4) is 0 Å². The van der Waals surface area contributed by atoms with Crippen molar-refractivity contribution in [3.63, 3.8) is 0 Å². The molecule has 0 saturated carbocycles. The number of nitrogens with zero attached hydrogens (tertiary/aromatic N) is 2. The monoisotopic (exact) mass is 194 g/mol. The molecule has 1 aromatic rings. The van der Waals surface area contributed by atoms with Crippen molar-refractivity contribution < 1.29 is 0 Å². The number of hydrogen-bond acceptors (Lipinski definition) is 4. The summed E-state index contributed by atoms with van der Waals surface area (Å²) in [5.74, 6) is 1.81. The second-order valence-electron chi connectivity index (χ2n) is 3.65. The molecule has 0 amide bonds. The van der Waals surface area contributed by atoms with Crippen LogP contribution >= 0.6 is 0 Å². The molecule has 1 atom stereocenters. The minimum Gasteiger partial charge on any atom is -0.369 e. The molecule has 0 aliphatic carbocycles. The molecule has 1 heterocycles. The summed E-state index contributed by atoms with van der Waals surface area (Å²) in [4.78, 5) is 8.05. The number of nitrogens with two attached hydrogens (primary N) is 1. The van der Waals surface area contributed by atoms with E-state index in [9.17, 15) is 0 Å². The van der Waals surface area contributed by atoms with Crippen molar-refractivity contribution in [1.29, 1.82) is 0 Å². The summed E-state index contributed by atoms with van der Waals surface area (Å²) >= 11 is 0. The Morgan fingerprint density at radius 2 is 2.29 bits per heavy atom. The Morgan fingerprint density at radius 3 is 2.93 bits per heavy atom. The Labute approximate surface area is 85.0 Å². The Balaban J connectivity index is 2.62. The maximum atomic E-state index is 5.50. The van der Waals surface area contributed by atoms with Crippen molar-refractivity contribution in [1.82, 2.24) is 9.97 Å². The molecule has 0 radical (unpaired) electrons. The van der Waals surface area contributed by atoms with E-state index >= 15 is 0 Å². The first-order chi connectivity index (χ1) is 6.63. The zero-order valence-electron chi connectivity index (χ0n) is 9.04. The van der Waals surface area contributed by atoms with Crippen LogP contribution in [0.4, 0.5) is 11.8 Å². The van der Waals surface area contributed by atoms with Crippen molar-refractivity contribution in [3.05, 3.63) is 11.8 Å². The van der Waals surface area contributed by atoms with Gasteiger partial charge < -0.3 is 11.1 Å². The predicted octanol–water partition coefficient (Wildman–Crippen LogP) is 1.83. The third-order valence-electron chi connectivity index (χ3n) is 2.31. The predicted molar refractivity (Wildman–Crippen MR) is 59.1 cm³/mol. The highest BCUT2D eigenvalue weighted by Gasteiger charge is 2.03. The van der Waals surface area contributed by atoms with Crippen LogP contribution in [0, 0.1) is 12.8 Å². The van der Waals surface area contributed by atoms with E-state index in [0.717, 1.165) is 24.3 Å². The molecule has 0 spiro atoms. The summed E-state index contributed by atoms with van der Waals surface area (Å²) in [7, 11) is 0. The molecular formula is C10H18N4. The topological polar surface area (TPSA) is 63.8 Å². The van der Waals surface area contributed by atoms with Crippen molar-refractivity contribution in [2.45, 2.75) is 27.2 Å². The molecule has 1 aromatic heterocycles. The minimum atomic E-state index is 0.322. The average molecular weight is 194 g/mol. The molecule has 0 saturated heterocycles. The summed E-state index contributed by atoms with van der Waals surface area (Å²) in [5, 5.41) is 3.27. The van der Waals surface area contributed by atoms with Gasteiger partial charge in [-0.25, -0.2) is 4.98 Å². The lowest BCUT2D eigenvalue weighted by molar-refractivity contribution is 0.592. The summed E-state index contributed by atoms with van der Waals surface area (Å²) in [5.41, 5.74) is 6.53. The Bertz CT molecular complexity index is 298. The molecule has 0 fully saturated rings. The fraction of sp³-hybridized carbons (Fsp3) is 0.600. The molecule has 1 rings (SSSR count). The van der Waals surface area contributed by atoms with E-state index in [2.05, 4.69) is 29.1 Å². The maximum Gasteiger partial charge on any atom is 0.221 e. The van der Waals surface area contributed by atoms with Gasteiger partial charge in [0.2, 0.25) is 5.95 Å². The minimum absolute atomic E-state index is 0.322. The van der Waals surface area contributed by atoms with Crippen LogP contribution in [-0.2, 0) is 0 Å². The van der Waals surface area contributed by atoms with Gasteiger partial charge in [0.15, 0.2) is 0 Å². The molecule has 3 N–H and O–H groups in total. The first-order valence-corrected chi connectivity index (χ1v) is 4.96. The van der Waals surface area contributed by atoms with Crippen molar-refractivity contribution in [3.8, 4) is 0 Å². The van der Waals surface area contributed by atoms with Crippen LogP contribution < -0.4 is 11.1 Å². The van der Waals surface area contributed by atoms with Gasteiger partial charge >= 0.3 is 0 Å². The standard InChI is InChI=1S/C10H18N4/c1-4-7(2)5-12-9-8(3)6-13-10(11)14-9/h6-7H,4-5H2,1-3H3,(H3,11,12,13,14). The first kappa shape index (κ1) is 10.8. The number of anilines is 2. The van der Waals surface area contributed by atoms with Crippen molar-refractivity contribution in [2.24, 2.45) is 5.92 Å². The van der Waals surface area contributed by atoms with Crippen LogP contribution in [-0.4, -0.2) is 16.5 Å². The van der Waals surface area contributed by atoms with E-state index in [-0.39, 0.29) is 0 Å². The van der Waals surface area contributed by atoms with E-state index in [4.69, 9.17) is 5.73 Å². The van der Waals surface area contributed by atoms with Gasteiger partial charge in [0.05, 0.1) is 0 Å². The highest BCUT2D eigenvalue weighted by molar-refractivity contribution is 5.44. The highest BCUT2D eigenvalue weighted by atomic mass is 15.1. The summed E-state index contributed by atoms with van der Waals surface area (Å²) in [6, 6.07) is 0. The van der Waals surface area contributed by atoms with Crippen LogP contribution in [0.5, 0.6) is 0 Å². The van der Waals surface area contributed by atoms with E-state index in [0.29, 0.717) is 11.9 Å². The quantitative estimate of drug-likeness (QED) is 0.767. The van der Waals surface area contributed by atoms with Gasteiger partial charge in [0.25, 0.3) is 0 Å². The largest absolute Gasteiger partial charge is 0.369 e. The van der Waals surface area contributed by atoms with E-state index in [1.807, 2.05) is 6.92 Å². The van der Waals surface area contributed by atoms with Gasteiger partial charge in [-0.1, -0.05) is 20.3 Å². The van der Waals surface area contributed by atoms with Gasteiger partial charge in [-0.15, -0.1) is 0 Å². The fourth-order valence-electron chi connectivity index (χ4n) is 1.05. The molecule has 0 bridgehead atoms. The second-order valence-corrected chi connectivity index (χ2v) is 3.65. The van der Waals surface area contributed by atoms with Crippen LogP contribution in [0.1, 0.15) is 25.8 Å². The number of aromatic nitrogens is 2. The van der Waals surface area contributed by atoms with Gasteiger partial charge in [-0.2, -0.15) is 4.98 Å². The highest BCUT2D eigenvalue weighted by Crippen LogP contribution is 2.12. The van der Waals surface area contributed by atoms with Gasteiger partial charge in [-0.3, -0.25) is 0 Å². The van der Waals surface area contributed by atoms with Crippen molar-refractivity contribution >= 4 is 11.8 Å². The van der Waals surface area contributed by atoms with Gasteiger partial charge in [-0.05, 0) is 12.8 Å². The fourth-order valence-corrected chi connectivity index (χ4v) is 1.05. The lowest BCUT2D eigenvalue weighted by atomic mass is 10.1. The van der Waals surface area contributed by atoms with Crippen LogP contribution in [0.2, 0.25) is 0 Å². The molecule has 0 aliphatic rings. The number of aryl methyl sites for hydroxylation is 1. The summed E-state index contributed by atoms with van der Waals surface area (Å²) in [6.07, 6.45) is 2.90. The number of nitrogens with one attached hydrogen (secondary N) is 1. The third-order valence-corrected chi connectivity index (χ3v) is 2.31. The molecule has 1 unspecified atom stereocenters. The Kier molecular flexibility index (Phi) is 3.68. The Morgan fingerprint density at radius 1 is 1.57 bits per heavy atom. The maximum absolute atomic E-state index is 5.50. The molecule has 4 nitrogen and oxygen atoms in total. The number of hydrogen-bond donors (Lipinski definition) is 2. The van der Waals surface area contributed by atoms with Crippen LogP contribution in [0.25, 0.3) is 0 Å². The molecule has 0 aliphatic heterocycles. The first-order valence-electron chi connectivity index (χ1n) is 4.96. The molecule has 14 heavy (non-hydrogen) atoms. The smallest absolute Gasteiger partial charge is 0.221 e. The lowest BCUT2D eigenvalue weighted by Crippen LogP contribution is -2.13.